The highest BCUT2D eigenvalue weighted by Gasteiger charge is 2.04. The van der Waals surface area contributed by atoms with E-state index in [9.17, 15) is 0 Å². The van der Waals surface area contributed by atoms with Crippen molar-refractivity contribution in [3.8, 4) is 6.07 Å². The van der Waals surface area contributed by atoms with Crippen molar-refractivity contribution in [3.63, 3.8) is 0 Å². The zero-order chi connectivity index (χ0) is 11.1. The molecule has 1 aromatic rings. The number of nitrogens with zero attached hydrogens (tertiary/aromatic N) is 4. The van der Waals surface area contributed by atoms with Gasteiger partial charge in [0, 0.05) is 13.1 Å². The van der Waals surface area contributed by atoms with Crippen molar-refractivity contribution < 1.29 is 0 Å². The highest BCUT2D eigenvalue weighted by Crippen LogP contribution is 2.08. The Bertz CT molecular complexity index is 365. The lowest BCUT2D eigenvalue weighted by Gasteiger charge is -2.19. The van der Waals surface area contributed by atoms with Crippen LogP contribution in [0.2, 0.25) is 0 Å². The number of rotatable bonds is 5. The predicted molar refractivity (Wildman–Crippen MR) is 59.4 cm³/mol. The second-order valence-corrected chi connectivity index (χ2v) is 2.85. The molecule has 0 amide bonds. The lowest BCUT2D eigenvalue weighted by molar-refractivity contribution is 0.914. The highest BCUT2D eigenvalue weighted by molar-refractivity contribution is 5.38. The van der Waals surface area contributed by atoms with Crippen LogP contribution in [0, 0.1) is 11.3 Å². The minimum Gasteiger partial charge on any atom is -0.348 e. The minimum atomic E-state index is 0.316. The number of nitriles is 1. The van der Waals surface area contributed by atoms with Crippen molar-refractivity contribution in [1.82, 2.24) is 9.97 Å². The van der Waals surface area contributed by atoms with Crippen molar-refractivity contribution in [2.45, 2.75) is 0 Å². The fourth-order valence-corrected chi connectivity index (χ4v) is 1.12. The molecule has 76 valence electrons. The highest BCUT2D eigenvalue weighted by atomic mass is 15.2. The summed E-state index contributed by atoms with van der Waals surface area (Å²) in [5, 5.41) is 8.58. The van der Waals surface area contributed by atoms with Crippen LogP contribution >= 0.6 is 0 Å². The van der Waals surface area contributed by atoms with Gasteiger partial charge in [-0.25, -0.2) is 9.97 Å². The molecule has 0 N–H and O–H groups in total. The number of aromatic nitrogens is 2. The van der Waals surface area contributed by atoms with E-state index >= 15 is 0 Å². The smallest absolute Gasteiger partial charge is 0.158 e. The minimum absolute atomic E-state index is 0.316. The van der Waals surface area contributed by atoms with E-state index in [0.29, 0.717) is 24.6 Å². The lowest BCUT2D eigenvalue weighted by Crippen LogP contribution is -2.24. The van der Waals surface area contributed by atoms with Crippen molar-refractivity contribution in [1.29, 1.82) is 5.26 Å². The van der Waals surface area contributed by atoms with Crippen molar-refractivity contribution in [3.05, 3.63) is 43.4 Å². The number of hydrogen-bond donors (Lipinski definition) is 0. The molecule has 4 heteroatoms. The maximum atomic E-state index is 8.58. The van der Waals surface area contributed by atoms with Gasteiger partial charge in [-0.15, -0.1) is 13.2 Å². The van der Waals surface area contributed by atoms with Gasteiger partial charge in [0.05, 0.1) is 12.4 Å². The molecular formula is C11H12N4. The van der Waals surface area contributed by atoms with E-state index in [0.717, 1.165) is 0 Å². The van der Waals surface area contributed by atoms with E-state index in [1.54, 1.807) is 18.3 Å². The Morgan fingerprint density at radius 1 is 1.27 bits per heavy atom. The number of hydrogen-bond acceptors (Lipinski definition) is 4. The van der Waals surface area contributed by atoms with Crippen LogP contribution < -0.4 is 4.90 Å². The van der Waals surface area contributed by atoms with Gasteiger partial charge in [0.2, 0.25) is 0 Å². The topological polar surface area (TPSA) is 52.8 Å². The van der Waals surface area contributed by atoms with Gasteiger partial charge in [0.25, 0.3) is 0 Å². The summed E-state index contributed by atoms with van der Waals surface area (Å²) in [7, 11) is 0. The van der Waals surface area contributed by atoms with Crippen LogP contribution in [0.25, 0.3) is 0 Å². The quantitative estimate of drug-likeness (QED) is 0.676. The van der Waals surface area contributed by atoms with E-state index in [1.807, 2.05) is 11.0 Å². The normalized spacial score (nSPS) is 9.00. The molecule has 0 fully saturated rings. The molecule has 0 aliphatic rings. The second kappa shape index (κ2) is 5.55. The van der Waals surface area contributed by atoms with Gasteiger partial charge in [-0.1, -0.05) is 12.2 Å². The first-order valence-corrected chi connectivity index (χ1v) is 4.50. The van der Waals surface area contributed by atoms with Crippen molar-refractivity contribution >= 4 is 5.82 Å². The van der Waals surface area contributed by atoms with Gasteiger partial charge in [-0.3, -0.25) is 0 Å². The van der Waals surface area contributed by atoms with Crippen LogP contribution in [-0.2, 0) is 0 Å². The van der Waals surface area contributed by atoms with Crippen LogP contribution in [-0.4, -0.2) is 23.1 Å². The van der Waals surface area contributed by atoms with Crippen LogP contribution in [0.5, 0.6) is 0 Å². The Kier molecular flexibility index (Phi) is 4.05. The van der Waals surface area contributed by atoms with E-state index in [2.05, 4.69) is 23.1 Å². The Morgan fingerprint density at radius 2 is 1.93 bits per heavy atom. The van der Waals surface area contributed by atoms with Gasteiger partial charge in [0.15, 0.2) is 5.69 Å². The predicted octanol–water partition coefficient (Wildman–Crippen LogP) is 1.53. The Labute approximate surface area is 89.2 Å². The first-order chi connectivity index (χ1) is 7.31. The summed E-state index contributed by atoms with van der Waals surface area (Å²) in [4.78, 5) is 10.0. The van der Waals surface area contributed by atoms with Gasteiger partial charge in [-0.2, -0.15) is 5.26 Å². The summed E-state index contributed by atoms with van der Waals surface area (Å²) >= 11 is 0. The molecule has 0 radical (unpaired) electrons. The molecule has 1 rings (SSSR count). The SMILES string of the molecule is C=CCN(CC=C)c1cnc(C#N)cn1. The summed E-state index contributed by atoms with van der Waals surface area (Å²) < 4.78 is 0. The Morgan fingerprint density at radius 3 is 2.33 bits per heavy atom. The van der Waals surface area contributed by atoms with Crippen molar-refractivity contribution in [2.24, 2.45) is 0 Å². The molecule has 0 atom stereocenters. The summed E-state index contributed by atoms with van der Waals surface area (Å²) in [6.07, 6.45) is 6.59. The van der Waals surface area contributed by atoms with Crippen LogP contribution in [0.3, 0.4) is 0 Å². The third kappa shape index (κ3) is 2.92. The zero-order valence-electron chi connectivity index (χ0n) is 8.43. The molecular weight excluding hydrogens is 188 g/mol. The molecule has 4 nitrogen and oxygen atoms in total. The zero-order valence-corrected chi connectivity index (χ0v) is 8.43. The lowest BCUT2D eigenvalue weighted by atomic mass is 10.4. The summed E-state index contributed by atoms with van der Waals surface area (Å²) in [5.41, 5.74) is 0.316. The molecule has 15 heavy (non-hydrogen) atoms. The van der Waals surface area contributed by atoms with Crippen LogP contribution in [0.15, 0.2) is 37.7 Å². The molecule has 1 heterocycles. The van der Waals surface area contributed by atoms with E-state index in [4.69, 9.17) is 5.26 Å². The van der Waals surface area contributed by atoms with Crippen LogP contribution in [0.4, 0.5) is 5.82 Å². The first-order valence-electron chi connectivity index (χ1n) is 4.50. The van der Waals surface area contributed by atoms with Gasteiger partial charge in [0.1, 0.15) is 11.9 Å². The third-order valence-electron chi connectivity index (χ3n) is 1.78. The molecule has 0 aliphatic carbocycles. The average Bonchev–Trinajstić information content (AvgIpc) is 2.29. The monoisotopic (exact) mass is 200 g/mol. The maximum Gasteiger partial charge on any atom is 0.158 e. The second-order valence-electron chi connectivity index (χ2n) is 2.85. The third-order valence-corrected chi connectivity index (χ3v) is 1.78. The molecule has 0 spiro atoms. The number of anilines is 1. The van der Waals surface area contributed by atoms with E-state index in [1.165, 1.54) is 6.20 Å². The fraction of sp³-hybridized carbons (Fsp3) is 0.182. The molecule has 0 aromatic carbocycles. The molecule has 0 bridgehead atoms. The Balaban J connectivity index is 2.86. The van der Waals surface area contributed by atoms with Gasteiger partial charge >= 0.3 is 0 Å². The van der Waals surface area contributed by atoms with Crippen molar-refractivity contribution in [2.75, 3.05) is 18.0 Å². The summed E-state index contributed by atoms with van der Waals surface area (Å²) in [6.45, 7) is 8.68. The summed E-state index contributed by atoms with van der Waals surface area (Å²) in [6, 6.07) is 1.92. The summed E-state index contributed by atoms with van der Waals surface area (Å²) in [5.74, 6) is 0.716. The molecule has 0 unspecified atom stereocenters. The van der Waals surface area contributed by atoms with E-state index < -0.39 is 0 Å². The first kappa shape index (κ1) is 10.9. The van der Waals surface area contributed by atoms with Gasteiger partial charge in [-0.05, 0) is 0 Å². The largest absolute Gasteiger partial charge is 0.348 e. The fourth-order valence-electron chi connectivity index (χ4n) is 1.12. The van der Waals surface area contributed by atoms with Crippen LogP contribution in [0.1, 0.15) is 5.69 Å². The maximum absolute atomic E-state index is 8.58. The standard InChI is InChI=1S/C11H12N4/c1-3-5-15(6-4-2)11-9-13-10(7-12)8-14-11/h3-4,8-9H,1-2,5-6H2. The molecule has 1 aromatic heterocycles. The van der Waals surface area contributed by atoms with Gasteiger partial charge < -0.3 is 4.90 Å². The van der Waals surface area contributed by atoms with E-state index in [-0.39, 0.29) is 0 Å². The Hall–Kier alpha value is -2.15. The molecule has 0 saturated heterocycles. The molecule has 0 saturated carbocycles. The molecule has 0 aliphatic heterocycles. The average molecular weight is 200 g/mol.